The van der Waals surface area contributed by atoms with Crippen LogP contribution in [0.1, 0.15) is 24.2 Å². The number of nitrogens with zero attached hydrogens (tertiary/aromatic N) is 1. The maximum absolute atomic E-state index is 12.4. The lowest BCUT2D eigenvalue weighted by Crippen LogP contribution is -2.28. The topological polar surface area (TPSA) is 41.6 Å². The lowest BCUT2D eigenvalue weighted by molar-refractivity contribution is 0.102. The summed E-state index contributed by atoms with van der Waals surface area (Å²) in [5.74, 6) is 0.408. The minimum absolute atomic E-state index is 0.250. The Kier molecular flexibility index (Phi) is 7.09. The van der Waals surface area contributed by atoms with Crippen LogP contribution in [0.4, 0.5) is 5.69 Å². The molecule has 0 aliphatic heterocycles. The number of hydrogen-bond acceptors (Lipinski definition) is 3. The van der Waals surface area contributed by atoms with Crippen LogP contribution in [-0.4, -0.2) is 37.0 Å². The average Bonchev–Trinajstić information content (AvgIpc) is 2.60. The van der Waals surface area contributed by atoms with Gasteiger partial charge in [0.1, 0.15) is 12.4 Å². The molecular weight excluding hydrogens is 324 g/mol. The summed E-state index contributed by atoms with van der Waals surface area (Å²) in [4.78, 5) is 14.7. The van der Waals surface area contributed by atoms with Crippen molar-refractivity contribution in [2.45, 2.75) is 13.8 Å². The van der Waals surface area contributed by atoms with Crippen molar-refractivity contribution in [3.8, 4) is 5.75 Å². The molecule has 4 nitrogen and oxygen atoms in total. The van der Waals surface area contributed by atoms with Gasteiger partial charge in [-0.15, -0.1) is 0 Å². The number of hydrogen-bond donors (Lipinski definition) is 1. The number of rotatable bonds is 8. The number of ether oxygens (including phenoxy) is 1. The molecule has 0 atom stereocenters. The van der Waals surface area contributed by atoms with Crippen LogP contribution in [0, 0.1) is 0 Å². The maximum Gasteiger partial charge on any atom is 0.257 e. The predicted molar refractivity (Wildman–Crippen MR) is 99.1 cm³/mol. The fourth-order valence-corrected chi connectivity index (χ4v) is 2.58. The first-order chi connectivity index (χ1) is 11.7. The van der Waals surface area contributed by atoms with E-state index in [-0.39, 0.29) is 5.91 Å². The summed E-state index contributed by atoms with van der Waals surface area (Å²) in [6, 6.07) is 14.4. The third kappa shape index (κ3) is 4.98. The summed E-state index contributed by atoms with van der Waals surface area (Å²) >= 11 is 6.08. The molecule has 0 saturated carbocycles. The van der Waals surface area contributed by atoms with Gasteiger partial charge < -0.3 is 15.0 Å². The highest BCUT2D eigenvalue weighted by molar-refractivity contribution is 6.34. The molecule has 0 heterocycles. The normalized spacial score (nSPS) is 10.7. The smallest absolute Gasteiger partial charge is 0.257 e. The van der Waals surface area contributed by atoms with Crippen molar-refractivity contribution in [1.29, 1.82) is 0 Å². The molecule has 0 aliphatic carbocycles. The van der Waals surface area contributed by atoms with E-state index in [4.69, 9.17) is 16.3 Å². The quantitative estimate of drug-likeness (QED) is 0.774. The number of nitrogens with one attached hydrogen (secondary N) is 1. The first-order valence-electron chi connectivity index (χ1n) is 8.15. The number of carbonyl (C=O) groups is 1. The van der Waals surface area contributed by atoms with E-state index in [1.54, 1.807) is 24.3 Å². The lowest BCUT2D eigenvalue weighted by Gasteiger charge is -2.19. The Morgan fingerprint density at radius 1 is 1.08 bits per heavy atom. The van der Waals surface area contributed by atoms with Crippen LogP contribution in [0.3, 0.4) is 0 Å². The Labute approximate surface area is 148 Å². The van der Waals surface area contributed by atoms with Crippen LogP contribution in [0.15, 0.2) is 48.5 Å². The molecular formula is C19H23ClN2O2. The molecule has 0 aliphatic rings. The lowest BCUT2D eigenvalue weighted by atomic mass is 10.2. The van der Waals surface area contributed by atoms with Gasteiger partial charge in [-0.05, 0) is 37.4 Å². The third-order valence-electron chi connectivity index (χ3n) is 3.81. The van der Waals surface area contributed by atoms with Gasteiger partial charge in [0, 0.05) is 6.54 Å². The molecule has 0 saturated heterocycles. The van der Waals surface area contributed by atoms with Gasteiger partial charge in [0.2, 0.25) is 0 Å². The highest BCUT2D eigenvalue weighted by Crippen LogP contribution is 2.25. The van der Waals surface area contributed by atoms with Gasteiger partial charge in [0.15, 0.2) is 0 Å². The second-order valence-corrected chi connectivity index (χ2v) is 5.71. The zero-order chi connectivity index (χ0) is 17.4. The van der Waals surface area contributed by atoms with Crippen molar-refractivity contribution in [3.63, 3.8) is 0 Å². The zero-order valence-electron chi connectivity index (χ0n) is 14.1. The molecule has 5 heteroatoms. The molecule has 2 aromatic carbocycles. The van der Waals surface area contributed by atoms with Gasteiger partial charge in [-0.25, -0.2) is 0 Å². The van der Waals surface area contributed by atoms with Crippen LogP contribution in [-0.2, 0) is 0 Å². The number of amides is 1. The van der Waals surface area contributed by atoms with E-state index < -0.39 is 0 Å². The molecule has 0 unspecified atom stereocenters. The first-order valence-corrected chi connectivity index (χ1v) is 8.53. The number of halogens is 1. The Balaban J connectivity index is 2.03. The van der Waals surface area contributed by atoms with Crippen LogP contribution in [0.5, 0.6) is 5.75 Å². The Hall–Kier alpha value is -2.04. The van der Waals surface area contributed by atoms with Gasteiger partial charge in [-0.1, -0.05) is 49.7 Å². The number of likely N-dealkylation sites (N-methyl/N-ethyl adjacent to an activating group) is 1. The van der Waals surface area contributed by atoms with Crippen LogP contribution in [0.2, 0.25) is 5.02 Å². The molecule has 0 bridgehead atoms. The standard InChI is InChI=1S/C19H23ClN2O2/c1-3-22(4-2)13-14-24-18-12-8-7-11-17(18)21-19(23)15-9-5-6-10-16(15)20/h5-12H,3-4,13-14H2,1-2H3,(H,21,23). The average molecular weight is 347 g/mol. The van der Waals surface area contributed by atoms with Gasteiger partial charge in [0.05, 0.1) is 16.3 Å². The molecule has 1 amide bonds. The minimum Gasteiger partial charge on any atom is -0.490 e. The number of carbonyl (C=O) groups excluding carboxylic acids is 1. The van der Waals surface area contributed by atoms with E-state index in [0.717, 1.165) is 19.6 Å². The van der Waals surface area contributed by atoms with Crippen LogP contribution < -0.4 is 10.1 Å². The Morgan fingerprint density at radius 2 is 1.75 bits per heavy atom. The third-order valence-corrected chi connectivity index (χ3v) is 4.14. The van der Waals surface area contributed by atoms with E-state index in [2.05, 4.69) is 24.1 Å². The summed E-state index contributed by atoms with van der Waals surface area (Å²) in [7, 11) is 0. The first kappa shape index (κ1) is 18.3. The van der Waals surface area contributed by atoms with E-state index in [0.29, 0.717) is 28.6 Å². The molecule has 2 rings (SSSR count). The fourth-order valence-electron chi connectivity index (χ4n) is 2.36. The monoisotopic (exact) mass is 346 g/mol. The zero-order valence-corrected chi connectivity index (χ0v) is 14.8. The second-order valence-electron chi connectivity index (χ2n) is 5.31. The van der Waals surface area contributed by atoms with Crippen molar-refractivity contribution >= 4 is 23.2 Å². The minimum atomic E-state index is -0.250. The number of para-hydroxylation sites is 2. The van der Waals surface area contributed by atoms with Crippen molar-refractivity contribution < 1.29 is 9.53 Å². The van der Waals surface area contributed by atoms with E-state index >= 15 is 0 Å². The van der Waals surface area contributed by atoms with Gasteiger partial charge in [0.25, 0.3) is 5.91 Å². The highest BCUT2D eigenvalue weighted by atomic mass is 35.5. The maximum atomic E-state index is 12.4. The van der Waals surface area contributed by atoms with Crippen molar-refractivity contribution in [2.24, 2.45) is 0 Å². The van der Waals surface area contributed by atoms with E-state index in [9.17, 15) is 4.79 Å². The van der Waals surface area contributed by atoms with Crippen molar-refractivity contribution in [1.82, 2.24) is 4.90 Å². The second kappa shape index (κ2) is 9.30. The molecule has 1 N–H and O–H groups in total. The molecule has 0 spiro atoms. The van der Waals surface area contributed by atoms with Crippen LogP contribution in [0.25, 0.3) is 0 Å². The molecule has 0 radical (unpaired) electrons. The predicted octanol–water partition coefficient (Wildman–Crippen LogP) is 4.31. The van der Waals surface area contributed by atoms with Gasteiger partial charge in [-0.3, -0.25) is 4.79 Å². The Bertz CT molecular complexity index is 672. The summed E-state index contributed by atoms with van der Waals surface area (Å²) in [5.41, 5.74) is 1.08. The van der Waals surface area contributed by atoms with E-state index in [1.807, 2.05) is 24.3 Å². The molecule has 128 valence electrons. The van der Waals surface area contributed by atoms with Gasteiger partial charge >= 0.3 is 0 Å². The summed E-state index contributed by atoms with van der Waals surface area (Å²) < 4.78 is 5.85. The van der Waals surface area contributed by atoms with Crippen molar-refractivity contribution in [3.05, 3.63) is 59.1 Å². The SMILES string of the molecule is CCN(CC)CCOc1ccccc1NC(=O)c1ccccc1Cl. The van der Waals surface area contributed by atoms with Crippen LogP contribution >= 0.6 is 11.6 Å². The highest BCUT2D eigenvalue weighted by Gasteiger charge is 2.12. The molecule has 24 heavy (non-hydrogen) atoms. The molecule has 2 aromatic rings. The number of benzene rings is 2. The number of anilines is 1. The summed E-state index contributed by atoms with van der Waals surface area (Å²) in [6.45, 7) is 7.65. The molecule has 0 fully saturated rings. The van der Waals surface area contributed by atoms with Gasteiger partial charge in [-0.2, -0.15) is 0 Å². The largest absolute Gasteiger partial charge is 0.490 e. The van der Waals surface area contributed by atoms with E-state index in [1.165, 1.54) is 0 Å². The Morgan fingerprint density at radius 3 is 2.46 bits per heavy atom. The summed E-state index contributed by atoms with van der Waals surface area (Å²) in [6.07, 6.45) is 0. The summed E-state index contributed by atoms with van der Waals surface area (Å²) in [5, 5.41) is 3.30. The van der Waals surface area contributed by atoms with Crippen molar-refractivity contribution in [2.75, 3.05) is 31.6 Å². The molecule has 0 aromatic heterocycles. The fraction of sp³-hybridized carbons (Fsp3) is 0.316.